The Bertz CT molecular complexity index is 407. The first-order valence-corrected chi connectivity index (χ1v) is 7.79. The number of carbonyl (C=O) groups is 3. The summed E-state index contributed by atoms with van der Waals surface area (Å²) < 4.78 is 11.8. The van der Waals surface area contributed by atoms with Crippen LogP contribution in [0.5, 0.6) is 0 Å². The molecule has 10 heteroatoms. The molecule has 0 aliphatic carbocycles. The van der Waals surface area contributed by atoms with Gasteiger partial charge in [0.15, 0.2) is 0 Å². The summed E-state index contributed by atoms with van der Waals surface area (Å²) in [5.41, 5.74) is 5.20. The second kappa shape index (κ2) is 7.98. The van der Waals surface area contributed by atoms with Crippen molar-refractivity contribution in [3.8, 4) is 0 Å². The van der Waals surface area contributed by atoms with Crippen molar-refractivity contribution in [2.45, 2.75) is 25.3 Å². The highest BCUT2D eigenvalue weighted by Crippen LogP contribution is 2.44. The van der Waals surface area contributed by atoms with Gasteiger partial charge in [0.2, 0.25) is 7.37 Å². The highest BCUT2D eigenvalue weighted by atomic mass is 31.2. The van der Waals surface area contributed by atoms with Crippen LogP contribution in [-0.2, 0) is 18.9 Å². The van der Waals surface area contributed by atoms with E-state index < -0.39 is 62.4 Å². The molecule has 0 rings (SSSR count). The minimum atomic E-state index is -3.82. The van der Waals surface area contributed by atoms with Crippen LogP contribution in [0, 0.1) is 5.92 Å². The molecule has 2 atom stereocenters. The molecule has 0 aromatic heterocycles. The summed E-state index contributed by atoms with van der Waals surface area (Å²) in [6.45, 7) is 0. The number of hydrogen-bond donors (Lipinski definition) is 5. The minimum Gasteiger partial charge on any atom is -0.481 e. The lowest BCUT2D eigenvalue weighted by Crippen LogP contribution is -2.31. The van der Waals surface area contributed by atoms with E-state index in [1.165, 1.54) is 0 Å². The van der Waals surface area contributed by atoms with Gasteiger partial charge in [0.05, 0.1) is 0 Å². The average molecular weight is 311 g/mol. The lowest BCUT2D eigenvalue weighted by atomic mass is 10.0. The second-order valence-corrected chi connectivity index (χ2v) is 7.05. The fourth-order valence-electron chi connectivity index (χ4n) is 1.65. The standard InChI is InChI=1S/C10H18NO8P/c11-7(10(16)17)1-2-20(18,19)5-6(3-8(12)13)4-9(14)15/h6-7H,1-5,11H2,(H,12,13)(H,14,15)(H,16,17)(H,18,19)/t7-/m0/s1. The third-order valence-electron chi connectivity index (χ3n) is 2.58. The summed E-state index contributed by atoms with van der Waals surface area (Å²) in [6, 6.07) is -1.28. The molecule has 0 spiro atoms. The van der Waals surface area contributed by atoms with Crippen LogP contribution in [0.1, 0.15) is 19.3 Å². The van der Waals surface area contributed by atoms with Gasteiger partial charge in [-0.25, -0.2) is 0 Å². The molecule has 0 radical (unpaired) electrons. The lowest BCUT2D eigenvalue weighted by molar-refractivity contribution is -0.141. The summed E-state index contributed by atoms with van der Waals surface area (Å²) in [4.78, 5) is 41.3. The summed E-state index contributed by atoms with van der Waals surface area (Å²) in [7, 11) is -3.82. The van der Waals surface area contributed by atoms with E-state index in [1.54, 1.807) is 0 Å². The third-order valence-corrected chi connectivity index (χ3v) is 4.62. The van der Waals surface area contributed by atoms with E-state index in [9.17, 15) is 23.8 Å². The molecule has 0 bridgehead atoms. The molecule has 0 fully saturated rings. The first kappa shape index (κ1) is 18.6. The monoisotopic (exact) mass is 311 g/mol. The average Bonchev–Trinajstić information content (AvgIpc) is 2.22. The fraction of sp³-hybridized carbons (Fsp3) is 0.700. The van der Waals surface area contributed by atoms with Crippen LogP contribution in [0.4, 0.5) is 0 Å². The van der Waals surface area contributed by atoms with E-state index in [2.05, 4.69) is 0 Å². The van der Waals surface area contributed by atoms with Gasteiger partial charge in [0.1, 0.15) is 6.04 Å². The van der Waals surface area contributed by atoms with Gasteiger partial charge < -0.3 is 25.9 Å². The van der Waals surface area contributed by atoms with Crippen molar-refractivity contribution in [3.05, 3.63) is 0 Å². The fourth-order valence-corrected chi connectivity index (χ4v) is 3.58. The van der Waals surface area contributed by atoms with Gasteiger partial charge in [-0.3, -0.25) is 18.9 Å². The molecule has 0 aliphatic rings. The summed E-state index contributed by atoms with van der Waals surface area (Å²) in [6.07, 6.45) is -2.20. The molecule has 0 saturated heterocycles. The SMILES string of the molecule is N[C@@H](CCP(=O)(O)CC(CC(=O)O)CC(=O)O)C(=O)O. The molecule has 0 heterocycles. The van der Waals surface area contributed by atoms with Crippen molar-refractivity contribution in [2.24, 2.45) is 11.7 Å². The largest absolute Gasteiger partial charge is 0.481 e. The third kappa shape index (κ3) is 8.63. The molecule has 6 N–H and O–H groups in total. The van der Waals surface area contributed by atoms with Crippen LogP contribution >= 0.6 is 7.37 Å². The van der Waals surface area contributed by atoms with Crippen molar-refractivity contribution < 1.29 is 39.2 Å². The highest BCUT2D eigenvalue weighted by Gasteiger charge is 2.28. The maximum Gasteiger partial charge on any atom is 0.320 e. The van der Waals surface area contributed by atoms with Crippen LogP contribution in [0.15, 0.2) is 0 Å². The van der Waals surface area contributed by atoms with Crippen molar-refractivity contribution >= 4 is 25.3 Å². The molecule has 0 aromatic rings. The Morgan fingerprint density at radius 1 is 1.05 bits per heavy atom. The first-order valence-electron chi connectivity index (χ1n) is 5.76. The van der Waals surface area contributed by atoms with Crippen LogP contribution in [-0.4, -0.2) is 56.5 Å². The van der Waals surface area contributed by atoms with Gasteiger partial charge in [-0.1, -0.05) is 0 Å². The Morgan fingerprint density at radius 3 is 1.85 bits per heavy atom. The van der Waals surface area contributed by atoms with Crippen LogP contribution < -0.4 is 5.73 Å². The van der Waals surface area contributed by atoms with Crippen LogP contribution in [0.25, 0.3) is 0 Å². The number of hydrogen-bond acceptors (Lipinski definition) is 5. The van der Waals surface area contributed by atoms with Crippen LogP contribution in [0.3, 0.4) is 0 Å². The zero-order valence-corrected chi connectivity index (χ0v) is 11.5. The topological polar surface area (TPSA) is 175 Å². The van der Waals surface area contributed by atoms with Gasteiger partial charge >= 0.3 is 17.9 Å². The minimum absolute atomic E-state index is 0.240. The van der Waals surface area contributed by atoms with E-state index in [4.69, 9.17) is 21.1 Å². The van der Waals surface area contributed by atoms with Gasteiger partial charge in [-0.15, -0.1) is 0 Å². The van der Waals surface area contributed by atoms with Crippen molar-refractivity contribution in [2.75, 3.05) is 12.3 Å². The number of carboxylic acids is 3. The molecule has 0 aromatic carbocycles. The summed E-state index contributed by atoms with van der Waals surface area (Å²) in [5, 5.41) is 25.8. The Kier molecular flexibility index (Phi) is 7.41. The summed E-state index contributed by atoms with van der Waals surface area (Å²) >= 11 is 0. The number of carboxylic acid groups (broad SMARTS) is 3. The Labute approximate surface area is 114 Å². The van der Waals surface area contributed by atoms with Gasteiger partial charge in [-0.2, -0.15) is 0 Å². The van der Waals surface area contributed by atoms with Gasteiger partial charge in [0, 0.05) is 25.2 Å². The smallest absolute Gasteiger partial charge is 0.320 e. The van der Waals surface area contributed by atoms with Crippen LogP contribution in [0.2, 0.25) is 0 Å². The lowest BCUT2D eigenvalue weighted by Gasteiger charge is -2.18. The molecule has 116 valence electrons. The number of nitrogens with two attached hydrogens (primary N) is 1. The van der Waals surface area contributed by atoms with E-state index in [-0.39, 0.29) is 6.42 Å². The highest BCUT2D eigenvalue weighted by molar-refractivity contribution is 7.58. The van der Waals surface area contributed by atoms with E-state index in [0.29, 0.717) is 0 Å². The normalized spacial score (nSPS) is 15.6. The zero-order valence-electron chi connectivity index (χ0n) is 10.6. The number of rotatable bonds is 10. The van der Waals surface area contributed by atoms with E-state index in [1.807, 2.05) is 0 Å². The predicted octanol–water partition coefficient (Wildman–Crippen LogP) is -0.376. The molecule has 20 heavy (non-hydrogen) atoms. The zero-order chi connectivity index (χ0) is 15.9. The maximum absolute atomic E-state index is 11.8. The van der Waals surface area contributed by atoms with Crippen molar-refractivity contribution in [1.29, 1.82) is 0 Å². The quantitative estimate of drug-likeness (QED) is 0.337. The van der Waals surface area contributed by atoms with Crippen molar-refractivity contribution in [1.82, 2.24) is 0 Å². The van der Waals surface area contributed by atoms with E-state index in [0.717, 1.165) is 0 Å². The Hall–Kier alpha value is -1.44. The molecule has 9 nitrogen and oxygen atoms in total. The predicted molar refractivity (Wildman–Crippen MR) is 67.8 cm³/mol. The molecule has 1 unspecified atom stereocenters. The summed E-state index contributed by atoms with van der Waals surface area (Å²) in [5.74, 6) is -4.82. The molecule has 0 saturated carbocycles. The Morgan fingerprint density at radius 2 is 1.50 bits per heavy atom. The molecule has 0 amide bonds. The molecular formula is C10H18NO8P. The molecule has 0 aliphatic heterocycles. The van der Waals surface area contributed by atoms with E-state index >= 15 is 0 Å². The van der Waals surface area contributed by atoms with Gasteiger partial charge in [-0.05, 0) is 12.3 Å². The van der Waals surface area contributed by atoms with Crippen molar-refractivity contribution in [3.63, 3.8) is 0 Å². The molecular weight excluding hydrogens is 293 g/mol. The Balaban J connectivity index is 4.57. The van der Waals surface area contributed by atoms with Gasteiger partial charge in [0.25, 0.3) is 0 Å². The second-order valence-electron chi connectivity index (χ2n) is 4.55. The number of aliphatic carboxylic acids is 3. The first-order chi connectivity index (χ1) is 9.03. The maximum atomic E-state index is 11.8.